The van der Waals surface area contributed by atoms with E-state index < -0.39 is 0 Å². The fraction of sp³-hybridized carbons (Fsp3) is 0.300. The van der Waals surface area contributed by atoms with E-state index in [0.29, 0.717) is 11.6 Å². The minimum Gasteiger partial charge on any atom is -0.355 e. The van der Waals surface area contributed by atoms with E-state index in [9.17, 15) is 9.59 Å². The predicted octanol–water partition coefficient (Wildman–Crippen LogP) is 3.22. The number of benzene rings is 2. The Balaban J connectivity index is 1.63. The van der Waals surface area contributed by atoms with E-state index in [1.165, 1.54) is 0 Å². The largest absolute Gasteiger partial charge is 0.355 e. The molecule has 1 fully saturated rings. The van der Waals surface area contributed by atoms with Gasteiger partial charge in [0.15, 0.2) is 0 Å². The second-order valence-electron chi connectivity index (χ2n) is 6.34. The van der Waals surface area contributed by atoms with Crippen molar-refractivity contribution in [3.05, 3.63) is 70.7 Å². The second kappa shape index (κ2) is 7.70. The van der Waals surface area contributed by atoms with E-state index >= 15 is 0 Å². The molecule has 0 bridgehead atoms. The van der Waals surface area contributed by atoms with Crippen molar-refractivity contribution in [2.75, 3.05) is 13.6 Å². The zero-order valence-electron chi connectivity index (χ0n) is 14.1. The molecule has 5 heteroatoms. The monoisotopic (exact) mass is 356 g/mol. The lowest BCUT2D eigenvalue weighted by Gasteiger charge is -2.24. The Bertz CT molecular complexity index is 746. The summed E-state index contributed by atoms with van der Waals surface area (Å²) in [7, 11) is 1.76. The highest BCUT2D eigenvalue weighted by molar-refractivity contribution is 6.30. The first-order valence-electron chi connectivity index (χ1n) is 8.39. The fourth-order valence-electron chi connectivity index (χ4n) is 3.32. The number of hydrogen-bond donors (Lipinski definition) is 1. The highest BCUT2D eigenvalue weighted by Crippen LogP contribution is 2.36. The van der Waals surface area contributed by atoms with Crippen molar-refractivity contribution in [2.24, 2.45) is 5.92 Å². The van der Waals surface area contributed by atoms with Crippen molar-refractivity contribution >= 4 is 23.4 Å². The SMILES string of the molecule is CN1C(=O)C[C@@H](C(=O)NCCc2ccc(Cl)cc2)[C@H]1c1ccccc1. The molecule has 1 heterocycles. The number of carbonyl (C=O) groups is 2. The van der Waals surface area contributed by atoms with Gasteiger partial charge in [-0.05, 0) is 29.7 Å². The fourth-order valence-corrected chi connectivity index (χ4v) is 3.45. The van der Waals surface area contributed by atoms with Crippen LogP contribution in [0.3, 0.4) is 0 Å². The lowest BCUT2D eigenvalue weighted by atomic mass is 9.93. The van der Waals surface area contributed by atoms with Gasteiger partial charge in [-0.3, -0.25) is 9.59 Å². The number of nitrogens with zero attached hydrogens (tertiary/aromatic N) is 1. The van der Waals surface area contributed by atoms with Gasteiger partial charge in [0.25, 0.3) is 0 Å². The zero-order chi connectivity index (χ0) is 17.8. The first-order valence-corrected chi connectivity index (χ1v) is 8.77. The molecule has 1 saturated heterocycles. The summed E-state index contributed by atoms with van der Waals surface area (Å²) >= 11 is 5.88. The molecule has 1 aliphatic heterocycles. The summed E-state index contributed by atoms with van der Waals surface area (Å²) in [4.78, 5) is 26.5. The maximum absolute atomic E-state index is 12.7. The molecule has 3 rings (SSSR count). The predicted molar refractivity (Wildman–Crippen MR) is 98.2 cm³/mol. The van der Waals surface area contributed by atoms with Gasteiger partial charge in [-0.25, -0.2) is 0 Å². The highest BCUT2D eigenvalue weighted by Gasteiger charge is 2.42. The number of likely N-dealkylation sites (tertiary alicyclic amines) is 1. The van der Waals surface area contributed by atoms with Crippen molar-refractivity contribution in [1.82, 2.24) is 10.2 Å². The lowest BCUT2D eigenvalue weighted by Crippen LogP contribution is -2.35. The highest BCUT2D eigenvalue weighted by atomic mass is 35.5. The third kappa shape index (κ3) is 4.02. The standard InChI is InChI=1S/C20H21ClN2O2/c1-23-18(24)13-17(19(23)15-5-3-2-4-6-15)20(25)22-12-11-14-7-9-16(21)10-8-14/h2-10,17,19H,11-13H2,1H3,(H,22,25)/t17-,19-/m1/s1. The molecule has 2 amide bonds. The summed E-state index contributed by atoms with van der Waals surface area (Å²) in [6, 6.07) is 17.1. The van der Waals surface area contributed by atoms with E-state index in [1.807, 2.05) is 54.6 Å². The number of amides is 2. The topological polar surface area (TPSA) is 49.4 Å². The van der Waals surface area contributed by atoms with Crippen LogP contribution in [-0.2, 0) is 16.0 Å². The summed E-state index contributed by atoms with van der Waals surface area (Å²) in [5, 5.41) is 3.68. The van der Waals surface area contributed by atoms with Crippen molar-refractivity contribution in [3.8, 4) is 0 Å². The summed E-state index contributed by atoms with van der Waals surface area (Å²) in [6.45, 7) is 0.538. The molecule has 4 nitrogen and oxygen atoms in total. The van der Waals surface area contributed by atoms with Crippen LogP contribution in [0, 0.1) is 5.92 Å². The molecule has 0 unspecified atom stereocenters. The maximum Gasteiger partial charge on any atom is 0.226 e. The van der Waals surface area contributed by atoms with Gasteiger partial charge in [0.05, 0.1) is 12.0 Å². The molecule has 0 spiro atoms. The van der Waals surface area contributed by atoms with Crippen LogP contribution in [0.2, 0.25) is 5.02 Å². The molecule has 0 aromatic heterocycles. The Hall–Kier alpha value is -2.33. The number of nitrogens with one attached hydrogen (secondary N) is 1. The van der Waals surface area contributed by atoms with Gasteiger partial charge in [-0.1, -0.05) is 54.1 Å². The van der Waals surface area contributed by atoms with E-state index in [1.54, 1.807) is 11.9 Å². The minimum absolute atomic E-state index is 0.00621. The van der Waals surface area contributed by atoms with Crippen LogP contribution >= 0.6 is 11.6 Å². The molecule has 2 atom stereocenters. The number of hydrogen-bond acceptors (Lipinski definition) is 2. The van der Waals surface area contributed by atoms with Crippen LogP contribution in [0.1, 0.15) is 23.6 Å². The lowest BCUT2D eigenvalue weighted by molar-refractivity contribution is -0.128. The summed E-state index contributed by atoms with van der Waals surface area (Å²) in [5.74, 6) is -0.419. The van der Waals surface area contributed by atoms with Crippen LogP contribution in [0.4, 0.5) is 0 Å². The van der Waals surface area contributed by atoms with Crippen molar-refractivity contribution in [3.63, 3.8) is 0 Å². The Morgan fingerprint density at radius 2 is 1.84 bits per heavy atom. The molecule has 0 radical (unpaired) electrons. The molecule has 2 aromatic rings. The van der Waals surface area contributed by atoms with Gasteiger partial charge >= 0.3 is 0 Å². The number of rotatable bonds is 5. The average Bonchev–Trinajstić information content (AvgIpc) is 2.92. The average molecular weight is 357 g/mol. The van der Waals surface area contributed by atoms with Gasteiger partial charge in [-0.2, -0.15) is 0 Å². The zero-order valence-corrected chi connectivity index (χ0v) is 14.9. The van der Waals surface area contributed by atoms with Crippen LogP contribution in [0.25, 0.3) is 0 Å². The third-order valence-corrected chi connectivity index (χ3v) is 4.94. The summed E-state index contributed by atoms with van der Waals surface area (Å²) in [5.41, 5.74) is 2.11. The summed E-state index contributed by atoms with van der Waals surface area (Å²) in [6.07, 6.45) is 0.984. The van der Waals surface area contributed by atoms with Crippen LogP contribution in [-0.4, -0.2) is 30.3 Å². The molecule has 1 N–H and O–H groups in total. The van der Waals surface area contributed by atoms with E-state index in [0.717, 1.165) is 17.5 Å². The van der Waals surface area contributed by atoms with E-state index in [-0.39, 0.29) is 30.2 Å². The van der Waals surface area contributed by atoms with Crippen molar-refractivity contribution in [1.29, 1.82) is 0 Å². The van der Waals surface area contributed by atoms with Gasteiger partial charge in [0.1, 0.15) is 0 Å². The number of halogens is 1. The molecule has 130 valence electrons. The first-order chi connectivity index (χ1) is 12.1. The quantitative estimate of drug-likeness (QED) is 0.894. The molecule has 0 saturated carbocycles. The smallest absolute Gasteiger partial charge is 0.226 e. The minimum atomic E-state index is -0.356. The van der Waals surface area contributed by atoms with Crippen LogP contribution < -0.4 is 5.32 Å². The van der Waals surface area contributed by atoms with Gasteiger partial charge in [0.2, 0.25) is 11.8 Å². The Kier molecular flexibility index (Phi) is 5.39. The van der Waals surface area contributed by atoms with Crippen LogP contribution in [0.15, 0.2) is 54.6 Å². The molecular weight excluding hydrogens is 336 g/mol. The normalized spacial score (nSPS) is 19.9. The van der Waals surface area contributed by atoms with Gasteiger partial charge in [-0.15, -0.1) is 0 Å². The van der Waals surface area contributed by atoms with E-state index in [4.69, 9.17) is 11.6 Å². The molecule has 2 aromatic carbocycles. The van der Waals surface area contributed by atoms with Crippen molar-refractivity contribution < 1.29 is 9.59 Å². The third-order valence-electron chi connectivity index (χ3n) is 4.69. The van der Waals surface area contributed by atoms with E-state index in [2.05, 4.69) is 5.32 Å². The maximum atomic E-state index is 12.7. The Labute approximate surface area is 152 Å². The molecular formula is C20H21ClN2O2. The first kappa shape index (κ1) is 17.5. The Morgan fingerprint density at radius 1 is 1.16 bits per heavy atom. The molecule has 0 aliphatic carbocycles. The number of carbonyl (C=O) groups excluding carboxylic acids is 2. The van der Waals surface area contributed by atoms with Crippen LogP contribution in [0.5, 0.6) is 0 Å². The second-order valence-corrected chi connectivity index (χ2v) is 6.77. The van der Waals surface area contributed by atoms with Gasteiger partial charge in [0, 0.05) is 25.0 Å². The van der Waals surface area contributed by atoms with Crippen molar-refractivity contribution in [2.45, 2.75) is 18.9 Å². The Morgan fingerprint density at radius 3 is 2.52 bits per heavy atom. The summed E-state index contributed by atoms with van der Waals surface area (Å²) < 4.78 is 0. The van der Waals surface area contributed by atoms with Gasteiger partial charge < -0.3 is 10.2 Å². The molecule has 1 aliphatic rings. The molecule has 25 heavy (non-hydrogen) atoms.